The van der Waals surface area contributed by atoms with Crippen molar-refractivity contribution in [3.05, 3.63) is 48.4 Å². The predicted octanol–water partition coefficient (Wildman–Crippen LogP) is 2.26. The number of nitrogens with one attached hydrogen (secondary N) is 2. The highest BCUT2D eigenvalue weighted by molar-refractivity contribution is 7.92. The maximum atomic E-state index is 11.2. The van der Waals surface area contributed by atoms with Crippen molar-refractivity contribution in [3.8, 4) is 0 Å². The Balaban J connectivity index is 2.12. The number of hydrogen-bond donors (Lipinski definition) is 2. The van der Waals surface area contributed by atoms with Gasteiger partial charge in [-0.1, -0.05) is 12.1 Å². The van der Waals surface area contributed by atoms with Gasteiger partial charge in [0, 0.05) is 12.1 Å². The molecule has 0 amide bonds. The molecule has 0 saturated heterocycles. The van der Waals surface area contributed by atoms with Crippen molar-refractivity contribution in [1.29, 1.82) is 0 Å². The van der Waals surface area contributed by atoms with Gasteiger partial charge < -0.3 is 9.73 Å². The predicted molar refractivity (Wildman–Crippen MR) is 70.9 cm³/mol. The van der Waals surface area contributed by atoms with Crippen molar-refractivity contribution in [2.75, 3.05) is 16.3 Å². The third kappa shape index (κ3) is 3.53. The molecule has 0 unspecified atom stereocenters. The molecule has 1 aromatic carbocycles. The maximum Gasteiger partial charge on any atom is 0.229 e. The summed E-state index contributed by atoms with van der Waals surface area (Å²) >= 11 is 0. The van der Waals surface area contributed by atoms with Crippen LogP contribution < -0.4 is 10.0 Å². The molecular weight excluding hydrogens is 252 g/mol. The zero-order valence-electron chi connectivity index (χ0n) is 9.88. The van der Waals surface area contributed by atoms with E-state index in [2.05, 4.69) is 10.0 Å². The van der Waals surface area contributed by atoms with Gasteiger partial charge in [0.1, 0.15) is 0 Å². The second-order valence-corrected chi connectivity index (χ2v) is 5.65. The average Bonchev–Trinajstić information content (AvgIpc) is 2.79. The zero-order valence-corrected chi connectivity index (χ0v) is 10.7. The topological polar surface area (TPSA) is 71.3 Å². The van der Waals surface area contributed by atoms with E-state index in [0.717, 1.165) is 17.5 Å². The molecule has 18 heavy (non-hydrogen) atoms. The van der Waals surface area contributed by atoms with Crippen LogP contribution in [0.4, 0.5) is 11.4 Å². The normalized spacial score (nSPS) is 11.2. The SMILES string of the molecule is CS(=O)(=O)Nc1ccccc1NCc1ccoc1. The van der Waals surface area contributed by atoms with E-state index in [1.807, 2.05) is 18.2 Å². The van der Waals surface area contributed by atoms with Gasteiger partial charge in [-0.25, -0.2) is 8.42 Å². The fraction of sp³-hybridized carbons (Fsp3) is 0.167. The van der Waals surface area contributed by atoms with Crippen LogP contribution in [0, 0.1) is 0 Å². The van der Waals surface area contributed by atoms with Crippen molar-refractivity contribution >= 4 is 21.4 Å². The first-order chi connectivity index (χ1) is 8.54. The number of hydrogen-bond acceptors (Lipinski definition) is 4. The Morgan fingerprint density at radius 1 is 1.17 bits per heavy atom. The molecule has 1 aromatic heterocycles. The van der Waals surface area contributed by atoms with Crippen LogP contribution in [0.15, 0.2) is 47.3 Å². The van der Waals surface area contributed by atoms with Crippen molar-refractivity contribution in [1.82, 2.24) is 0 Å². The van der Waals surface area contributed by atoms with Crippen LogP contribution in [-0.2, 0) is 16.6 Å². The second kappa shape index (κ2) is 5.14. The van der Waals surface area contributed by atoms with Gasteiger partial charge in [-0.05, 0) is 18.2 Å². The number of para-hydroxylation sites is 2. The van der Waals surface area contributed by atoms with Crippen LogP contribution in [0.3, 0.4) is 0 Å². The van der Waals surface area contributed by atoms with E-state index in [4.69, 9.17) is 4.42 Å². The second-order valence-electron chi connectivity index (χ2n) is 3.90. The molecule has 96 valence electrons. The number of sulfonamides is 1. The lowest BCUT2D eigenvalue weighted by molar-refractivity contribution is 0.564. The number of furan rings is 1. The summed E-state index contributed by atoms with van der Waals surface area (Å²) in [5, 5.41) is 3.15. The van der Waals surface area contributed by atoms with Crippen LogP contribution in [0.25, 0.3) is 0 Å². The summed E-state index contributed by atoms with van der Waals surface area (Å²) in [6.45, 7) is 0.568. The first-order valence-corrected chi connectivity index (χ1v) is 7.25. The maximum absolute atomic E-state index is 11.2. The van der Waals surface area contributed by atoms with Gasteiger partial charge in [-0.15, -0.1) is 0 Å². The molecule has 2 N–H and O–H groups in total. The molecule has 0 aliphatic heterocycles. The molecule has 0 aliphatic carbocycles. The van der Waals surface area contributed by atoms with Crippen LogP contribution in [-0.4, -0.2) is 14.7 Å². The molecule has 5 nitrogen and oxygen atoms in total. The van der Waals surface area contributed by atoms with Gasteiger partial charge in [0.2, 0.25) is 10.0 Å². The molecule has 0 radical (unpaired) electrons. The molecule has 0 spiro atoms. The van der Waals surface area contributed by atoms with Gasteiger partial charge in [0.15, 0.2) is 0 Å². The van der Waals surface area contributed by atoms with Crippen molar-refractivity contribution in [2.45, 2.75) is 6.54 Å². The monoisotopic (exact) mass is 266 g/mol. The number of rotatable bonds is 5. The molecule has 6 heteroatoms. The zero-order chi connectivity index (χ0) is 13.0. The molecule has 2 rings (SSSR count). The third-order valence-corrected chi connectivity index (χ3v) is 2.88. The van der Waals surface area contributed by atoms with E-state index in [9.17, 15) is 8.42 Å². The summed E-state index contributed by atoms with van der Waals surface area (Å²) in [4.78, 5) is 0. The minimum Gasteiger partial charge on any atom is -0.472 e. The Bertz CT molecular complexity index is 606. The Morgan fingerprint density at radius 3 is 2.50 bits per heavy atom. The Morgan fingerprint density at radius 2 is 1.89 bits per heavy atom. The van der Waals surface area contributed by atoms with E-state index < -0.39 is 10.0 Å². The summed E-state index contributed by atoms with van der Waals surface area (Å²) in [5.74, 6) is 0. The van der Waals surface area contributed by atoms with Crippen LogP contribution in [0.5, 0.6) is 0 Å². The highest BCUT2D eigenvalue weighted by atomic mass is 32.2. The fourth-order valence-electron chi connectivity index (χ4n) is 1.52. The molecular formula is C12H14N2O3S. The van der Waals surface area contributed by atoms with Crippen molar-refractivity contribution in [3.63, 3.8) is 0 Å². The fourth-order valence-corrected chi connectivity index (χ4v) is 2.09. The van der Waals surface area contributed by atoms with Gasteiger partial charge in [-0.3, -0.25) is 4.72 Å². The minimum atomic E-state index is -3.28. The summed E-state index contributed by atoms with van der Waals surface area (Å²) in [5.41, 5.74) is 2.25. The largest absolute Gasteiger partial charge is 0.472 e. The number of anilines is 2. The molecule has 0 fully saturated rings. The molecule has 0 aliphatic rings. The van der Waals surface area contributed by atoms with Gasteiger partial charge in [0.05, 0.1) is 30.2 Å². The Kier molecular flexibility index (Phi) is 3.57. The summed E-state index contributed by atoms with van der Waals surface area (Å²) in [6, 6.07) is 8.98. The Hall–Kier alpha value is -1.95. The van der Waals surface area contributed by atoms with E-state index in [1.165, 1.54) is 0 Å². The summed E-state index contributed by atoms with van der Waals surface area (Å²) < 4.78 is 29.9. The third-order valence-electron chi connectivity index (χ3n) is 2.29. The first kappa shape index (κ1) is 12.5. The highest BCUT2D eigenvalue weighted by Gasteiger charge is 2.06. The quantitative estimate of drug-likeness (QED) is 0.870. The summed E-state index contributed by atoms with van der Waals surface area (Å²) in [7, 11) is -3.28. The average molecular weight is 266 g/mol. The van der Waals surface area contributed by atoms with Crippen molar-refractivity contribution < 1.29 is 12.8 Å². The summed E-state index contributed by atoms with van der Waals surface area (Å²) in [6.07, 6.45) is 4.36. The molecule has 0 bridgehead atoms. The molecule has 1 heterocycles. The highest BCUT2D eigenvalue weighted by Crippen LogP contribution is 2.22. The Labute approximate surface area is 106 Å². The van der Waals surface area contributed by atoms with E-state index in [1.54, 1.807) is 24.7 Å². The van der Waals surface area contributed by atoms with E-state index >= 15 is 0 Å². The van der Waals surface area contributed by atoms with Gasteiger partial charge in [-0.2, -0.15) is 0 Å². The van der Waals surface area contributed by atoms with E-state index in [0.29, 0.717) is 12.2 Å². The molecule has 0 saturated carbocycles. The standard InChI is InChI=1S/C12H14N2O3S/c1-18(15,16)14-12-5-3-2-4-11(12)13-8-10-6-7-17-9-10/h2-7,9,13-14H,8H2,1H3. The lowest BCUT2D eigenvalue weighted by Gasteiger charge is -2.11. The number of benzene rings is 1. The van der Waals surface area contributed by atoms with Crippen LogP contribution >= 0.6 is 0 Å². The smallest absolute Gasteiger partial charge is 0.229 e. The first-order valence-electron chi connectivity index (χ1n) is 5.36. The van der Waals surface area contributed by atoms with Crippen LogP contribution in [0.1, 0.15) is 5.56 Å². The van der Waals surface area contributed by atoms with E-state index in [-0.39, 0.29) is 0 Å². The molecule has 0 atom stereocenters. The van der Waals surface area contributed by atoms with Crippen LogP contribution in [0.2, 0.25) is 0 Å². The van der Waals surface area contributed by atoms with Crippen molar-refractivity contribution in [2.24, 2.45) is 0 Å². The molecule has 2 aromatic rings. The lowest BCUT2D eigenvalue weighted by Crippen LogP contribution is -2.11. The minimum absolute atomic E-state index is 0.531. The van der Waals surface area contributed by atoms with Gasteiger partial charge >= 0.3 is 0 Å². The lowest BCUT2D eigenvalue weighted by atomic mass is 10.2. The van der Waals surface area contributed by atoms with Gasteiger partial charge in [0.25, 0.3) is 0 Å².